The summed E-state index contributed by atoms with van der Waals surface area (Å²) < 4.78 is 0. The molecule has 2 fully saturated rings. The van der Waals surface area contributed by atoms with E-state index in [-0.39, 0.29) is 17.7 Å². The Morgan fingerprint density at radius 2 is 1.42 bits per heavy atom. The quantitative estimate of drug-likeness (QED) is 0.836. The number of nitrogens with zero attached hydrogens (tertiary/aromatic N) is 1. The number of aliphatic carboxylic acids is 1. The minimum Gasteiger partial charge on any atom is -0.481 e. The summed E-state index contributed by atoms with van der Waals surface area (Å²) in [5.41, 5.74) is 0. The van der Waals surface area contributed by atoms with Gasteiger partial charge >= 0.3 is 5.97 Å². The van der Waals surface area contributed by atoms with Crippen LogP contribution in [0.15, 0.2) is 0 Å². The molecule has 0 spiro atoms. The lowest BCUT2D eigenvalue weighted by atomic mass is 9.89. The van der Waals surface area contributed by atoms with E-state index in [1.54, 1.807) is 0 Å². The monoisotopic (exact) mass is 267 g/mol. The smallest absolute Gasteiger partial charge is 0.308 e. The molecule has 0 bridgehead atoms. The number of rotatable bonds is 2. The molecular formula is C15H25NO3. The summed E-state index contributed by atoms with van der Waals surface area (Å²) in [7, 11) is 0. The third-order valence-electron chi connectivity index (χ3n) is 4.54. The van der Waals surface area contributed by atoms with Crippen LogP contribution in [0.4, 0.5) is 0 Å². The standard InChI is InChI=1S/C15H25NO3/c17-14(12-7-4-2-1-3-5-8-12)16-10-6-9-13(11-16)15(18)19/h12-13H,1-11H2,(H,18,19)/t13-/m1/s1. The van der Waals surface area contributed by atoms with Gasteiger partial charge in [-0.25, -0.2) is 0 Å². The number of hydrogen-bond donors (Lipinski definition) is 1. The highest BCUT2D eigenvalue weighted by molar-refractivity contribution is 5.80. The molecule has 4 nitrogen and oxygen atoms in total. The maximum atomic E-state index is 12.5. The molecule has 1 saturated heterocycles. The fraction of sp³-hybridized carbons (Fsp3) is 0.867. The molecule has 1 aliphatic carbocycles. The number of piperidine rings is 1. The molecule has 0 unspecified atom stereocenters. The van der Waals surface area contributed by atoms with Crippen molar-refractivity contribution in [2.75, 3.05) is 13.1 Å². The second-order valence-corrected chi connectivity index (χ2v) is 6.00. The molecule has 19 heavy (non-hydrogen) atoms. The number of amides is 1. The molecule has 0 radical (unpaired) electrons. The highest BCUT2D eigenvalue weighted by Gasteiger charge is 2.31. The number of carboxylic acid groups (broad SMARTS) is 1. The van der Waals surface area contributed by atoms with Crippen molar-refractivity contribution in [1.29, 1.82) is 0 Å². The van der Waals surface area contributed by atoms with Crippen molar-refractivity contribution in [2.45, 2.75) is 57.8 Å². The third kappa shape index (κ3) is 3.95. The van der Waals surface area contributed by atoms with Gasteiger partial charge in [-0.1, -0.05) is 32.1 Å². The molecule has 2 rings (SSSR count). The molecule has 2 aliphatic rings. The molecular weight excluding hydrogens is 242 g/mol. The number of hydrogen-bond acceptors (Lipinski definition) is 2. The molecule has 0 aromatic heterocycles. The van der Waals surface area contributed by atoms with E-state index in [1.807, 2.05) is 4.90 Å². The molecule has 0 aromatic rings. The molecule has 1 amide bonds. The lowest BCUT2D eigenvalue weighted by molar-refractivity contribution is -0.147. The van der Waals surface area contributed by atoms with Crippen molar-refractivity contribution >= 4 is 11.9 Å². The first-order valence-electron chi connectivity index (χ1n) is 7.70. The van der Waals surface area contributed by atoms with Crippen LogP contribution in [0.2, 0.25) is 0 Å². The highest BCUT2D eigenvalue weighted by Crippen LogP contribution is 2.26. The van der Waals surface area contributed by atoms with E-state index in [1.165, 1.54) is 19.3 Å². The van der Waals surface area contributed by atoms with Crippen LogP contribution >= 0.6 is 0 Å². The van der Waals surface area contributed by atoms with Crippen LogP contribution in [-0.2, 0) is 9.59 Å². The number of carbonyl (C=O) groups is 2. The molecule has 1 saturated carbocycles. The van der Waals surface area contributed by atoms with Crippen LogP contribution in [-0.4, -0.2) is 35.0 Å². The molecule has 108 valence electrons. The van der Waals surface area contributed by atoms with Gasteiger partial charge in [0.2, 0.25) is 5.91 Å². The summed E-state index contributed by atoms with van der Waals surface area (Å²) in [4.78, 5) is 25.4. The van der Waals surface area contributed by atoms with Crippen molar-refractivity contribution in [3.05, 3.63) is 0 Å². The van der Waals surface area contributed by atoms with Gasteiger partial charge in [-0.3, -0.25) is 9.59 Å². The number of likely N-dealkylation sites (tertiary alicyclic amines) is 1. The lowest BCUT2D eigenvalue weighted by Crippen LogP contribution is -2.45. The van der Waals surface area contributed by atoms with E-state index < -0.39 is 5.97 Å². The van der Waals surface area contributed by atoms with E-state index in [0.29, 0.717) is 13.0 Å². The molecule has 0 aromatic carbocycles. The van der Waals surface area contributed by atoms with Gasteiger partial charge in [0.15, 0.2) is 0 Å². The average molecular weight is 267 g/mol. The van der Waals surface area contributed by atoms with E-state index in [4.69, 9.17) is 5.11 Å². The van der Waals surface area contributed by atoms with Crippen molar-refractivity contribution in [3.8, 4) is 0 Å². The normalized spacial score (nSPS) is 26.5. The third-order valence-corrected chi connectivity index (χ3v) is 4.54. The fourth-order valence-corrected chi connectivity index (χ4v) is 3.34. The Morgan fingerprint density at radius 3 is 2.05 bits per heavy atom. The minimum absolute atomic E-state index is 0.146. The SMILES string of the molecule is O=C(O)[C@@H]1CCCN(C(=O)C2CCCCCCC2)C1. The van der Waals surface area contributed by atoms with Gasteiger partial charge in [0.1, 0.15) is 0 Å². The van der Waals surface area contributed by atoms with Crippen molar-refractivity contribution < 1.29 is 14.7 Å². The van der Waals surface area contributed by atoms with Crippen LogP contribution in [0.25, 0.3) is 0 Å². The van der Waals surface area contributed by atoms with E-state index in [9.17, 15) is 9.59 Å². The summed E-state index contributed by atoms with van der Waals surface area (Å²) in [5.74, 6) is -0.748. The largest absolute Gasteiger partial charge is 0.481 e. The summed E-state index contributed by atoms with van der Waals surface area (Å²) in [6.45, 7) is 1.17. The van der Waals surface area contributed by atoms with E-state index in [0.717, 1.165) is 38.6 Å². The fourth-order valence-electron chi connectivity index (χ4n) is 3.34. The summed E-state index contributed by atoms with van der Waals surface area (Å²) in [6.07, 6.45) is 9.59. The first kappa shape index (κ1) is 14.4. The zero-order chi connectivity index (χ0) is 13.7. The summed E-state index contributed by atoms with van der Waals surface area (Å²) in [5, 5.41) is 9.09. The minimum atomic E-state index is -0.754. The zero-order valence-corrected chi connectivity index (χ0v) is 11.6. The van der Waals surface area contributed by atoms with Crippen molar-refractivity contribution in [3.63, 3.8) is 0 Å². The summed E-state index contributed by atoms with van der Waals surface area (Å²) >= 11 is 0. The van der Waals surface area contributed by atoms with Crippen LogP contribution in [0.3, 0.4) is 0 Å². The van der Waals surface area contributed by atoms with Gasteiger partial charge in [0.25, 0.3) is 0 Å². The van der Waals surface area contributed by atoms with Crippen molar-refractivity contribution in [1.82, 2.24) is 4.90 Å². The van der Waals surface area contributed by atoms with Gasteiger partial charge in [-0.05, 0) is 25.7 Å². The second-order valence-electron chi connectivity index (χ2n) is 6.00. The first-order chi connectivity index (χ1) is 9.18. The highest BCUT2D eigenvalue weighted by atomic mass is 16.4. The first-order valence-corrected chi connectivity index (χ1v) is 7.70. The van der Waals surface area contributed by atoms with Crippen LogP contribution in [0.1, 0.15) is 57.8 Å². The van der Waals surface area contributed by atoms with Crippen molar-refractivity contribution in [2.24, 2.45) is 11.8 Å². The Kier molecular flexibility index (Phi) is 5.23. The second kappa shape index (κ2) is 6.92. The predicted molar refractivity (Wildman–Crippen MR) is 72.7 cm³/mol. The van der Waals surface area contributed by atoms with Crippen LogP contribution in [0.5, 0.6) is 0 Å². The molecule has 1 heterocycles. The van der Waals surface area contributed by atoms with Gasteiger partial charge in [-0.2, -0.15) is 0 Å². The Bertz CT molecular complexity index is 321. The zero-order valence-electron chi connectivity index (χ0n) is 11.6. The number of carboxylic acids is 1. The topological polar surface area (TPSA) is 57.6 Å². The molecule has 1 aliphatic heterocycles. The molecule has 1 atom stereocenters. The Hall–Kier alpha value is -1.06. The maximum absolute atomic E-state index is 12.5. The van der Waals surface area contributed by atoms with Gasteiger partial charge in [0.05, 0.1) is 5.92 Å². The predicted octanol–water partition coefficient (Wildman–Crippen LogP) is 2.67. The summed E-state index contributed by atoms with van der Waals surface area (Å²) in [6, 6.07) is 0. The molecule has 4 heteroatoms. The van der Waals surface area contributed by atoms with E-state index >= 15 is 0 Å². The Balaban J connectivity index is 1.91. The van der Waals surface area contributed by atoms with Crippen LogP contribution < -0.4 is 0 Å². The lowest BCUT2D eigenvalue weighted by Gasteiger charge is -2.34. The Labute approximate surface area is 115 Å². The molecule has 1 N–H and O–H groups in total. The van der Waals surface area contributed by atoms with Crippen LogP contribution in [0, 0.1) is 11.8 Å². The van der Waals surface area contributed by atoms with Gasteiger partial charge in [0, 0.05) is 19.0 Å². The number of carbonyl (C=O) groups excluding carboxylic acids is 1. The van der Waals surface area contributed by atoms with Gasteiger partial charge in [-0.15, -0.1) is 0 Å². The maximum Gasteiger partial charge on any atom is 0.308 e. The average Bonchev–Trinajstić information content (AvgIpc) is 2.38. The van der Waals surface area contributed by atoms with E-state index in [2.05, 4.69) is 0 Å². The Morgan fingerprint density at radius 1 is 0.842 bits per heavy atom. The van der Waals surface area contributed by atoms with Gasteiger partial charge < -0.3 is 10.0 Å².